The SMILES string of the molecule is CCc1nn(C)cc1CNc1cc(OC)ccc1OC. The number of nitrogens with one attached hydrogen (secondary N) is 1. The molecule has 0 aliphatic heterocycles. The van der Waals surface area contributed by atoms with Crippen molar-refractivity contribution in [2.75, 3.05) is 19.5 Å². The third-order valence-electron chi connectivity index (χ3n) is 3.20. The summed E-state index contributed by atoms with van der Waals surface area (Å²) in [5, 5.41) is 7.82. The number of rotatable bonds is 6. The molecule has 0 aliphatic rings. The molecular weight excluding hydrogens is 254 g/mol. The van der Waals surface area contributed by atoms with Crippen LogP contribution in [0, 0.1) is 0 Å². The smallest absolute Gasteiger partial charge is 0.142 e. The third kappa shape index (κ3) is 3.04. The van der Waals surface area contributed by atoms with Crippen molar-refractivity contribution in [1.82, 2.24) is 9.78 Å². The molecule has 0 aliphatic carbocycles. The van der Waals surface area contributed by atoms with Crippen molar-refractivity contribution < 1.29 is 9.47 Å². The Balaban J connectivity index is 2.17. The molecule has 0 bridgehead atoms. The number of hydrogen-bond acceptors (Lipinski definition) is 4. The number of aryl methyl sites for hydroxylation is 2. The lowest BCUT2D eigenvalue weighted by Gasteiger charge is -2.12. The molecule has 1 heterocycles. The van der Waals surface area contributed by atoms with Crippen LogP contribution in [0.5, 0.6) is 11.5 Å². The van der Waals surface area contributed by atoms with Gasteiger partial charge >= 0.3 is 0 Å². The first-order valence-electron chi connectivity index (χ1n) is 6.65. The predicted octanol–water partition coefficient (Wildman–Crippen LogP) is 2.61. The summed E-state index contributed by atoms with van der Waals surface area (Å²) in [6.45, 7) is 2.82. The molecule has 2 aromatic rings. The Morgan fingerprint density at radius 3 is 2.70 bits per heavy atom. The van der Waals surface area contributed by atoms with Gasteiger partial charge in [0.1, 0.15) is 11.5 Å². The second kappa shape index (κ2) is 6.32. The van der Waals surface area contributed by atoms with Crippen LogP contribution in [-0.4, -0.2) is 24.0 Å². The number of benzene rings is 1. The van der Waals surface area contributed by atoms with Gasteiger partial charge < -0.3 is 14.8 Å². The molecule has 2 rings (SSSR count). The van der Waals surface area contributed by atoms with Crippen molar-refractivity contribution in [2.24, 2.45) is 7.05 Å². The summed E-state index contributed by atoms with van der Waals surface area (Å²) in [7, 11) is 5.26. The van der Waals surface area contributed by atoms with Crippen molar-refractivity contribution in [1.29, 1.82) is 0 Å². The predicted molar refractivity (Wildman–Crippen MR) is 79.5 cm³/mol. The van der Waals surface area contributed by atoms with Crippen molar-refractivity contribution in [3.8, 4) is 11.5 Å². The van der Waals surface area contributed by atoms with Crippen molar-refractivity contribution >= 4 is 5.69 Å². The Morgan fingerprint density at radius 2 is 2.05 bits per heavy atom. The monoisotopic (exact) mass is 275 g/mol. The van der Waals surface area contributed by atoms with E-state index in [1.54, 1.807) is 14.2 Å². The Kier molecular flexibility index (Phi) is 4.50. The van der Waals surface area contributed by atoms with Gasteiger partial charge in [-0.05, 0) is 18.6 Å². The van der Waals surface area contributed by atoms with E-state index in [0.717, 1.165) is 29.3 Å². The maximum atomic E-state index is 5.36. The molecule has 0 saturated heterocycles. The van der Waals surface area contributed by atoms with Crippen molar-refractivity contribution in [2.45, 2.75) is 19.9 Å². The molecular formula is C15H21N3O2. The normalized spacial score (nSPS) is 10.4. The average molecular weight is 275 g/mol. The van der Waals surface area contributed by atoms with Gasteiger partial charge in [-0.3, -0.25) is 4.68 Å². The van der Waals surface area contributed by atoms with Crippen LogP contribution < -0.4 is 14.8 Å². The first-order chi connectivity index (χ1) is 9.67. The number of hydrogen-bond donors (Lipinski definition) is 1. The van der Waals surface area contributed by atoms with E-state index in [4.69, 9.17) is 9.47 Å². The largest absolute Gasteiger partial charge is 0.497 e. The van der Waals surface area contributed by atoms with E-state index in [0.29, 0.717) is 6.54 Å². The van der Waals surface area contributed by atoms with Gasteiger partial charge in [0.25, 0.3) is 0 Å². The molecule has 0 atom stereocenters. The lowest BCUT2D eigenvalue weighted by Crippen LogP contribution is -2.03. The maximum Gasteiger partial charge on any atom is 0.142 e. The van der Waals surface area contributed by atoms with Gasteiger partial charge in [-0.15, -0.1) is 0 Å². The summed E-state index contributed by atoms with van der Waals surface area (Å²) < 4.78 is 12.4. The van der Waals surface area contributed by atoms with Gasteiger partial charge in [0, 0.05) is 31.4 Å². The van der Waals surface area contributed by atoms with E-state index in [1.165, 1.54) is 5.56 Å². The lowest BCUT2D eigenvalue weighted by molar-refractivity contribution is 0.404. The summed E-state index contributed by atoms with van der Waals surface area (Å²) in [5.41, 5.74) is 3.22. The van der Waals surface area contributed by atoms with E-state index in [-0.39, 0.29) is 0 Å². The zero-order chi connectivity index (χ0) is 14.5. The number of ether oxygens (including phenoxy) is 2. The molecule has 0 amide bonds. The molecule has 0 radical (unpaired) electrons. The van der Waals surface area contributed by atoms with Crippen LogP contribution >= 0.6 is 0 Å². The van der Waals surface area contributed by atoms with E-state index >= 15 is 0 Å². The van der Waals surface area contributed by atoms with Crippen LogP contribution in [0.2, 0.25) is 0 Å². The first kappa shape index (κ1) is 14.2. The van der Waals surface area contributed by atoms with E-state index in [1.807, 2.05) is 36.1 Å². The summed E-state index contributed by atoms with van der Waals surface area (Å²) >= 11 is 0. The maximum absolute atomic E-state index is 5.36. The second-order valence-electron chi connectivity index (χ2n) is 4.55. The molecule has 108 valence electrons. The van der Waals surface area contributed by atoms with Gasteiger partial charge in [0.15, 0.2) is 0 Å². The van der Waals surface area contributed by atoms with Gasteiger partial charge in [0.2, 0.25) is 0 Å². The molecule has 0 spiro atoms. The van der Waals surface area contributed by atoms with Gasteiger partial charge in [-0.25, -0.2) is 0 Å². The highest BCUT2D eigenvalue weighted by atomic mass is 16.5. The Labute approximate surface area is 119 Å². The minimum atomic E-state index is 0.709. The summed E-state index contributed by atoms with van der Waals surface area (Å²) in [5.74, 6) is 1.60. The molecule has 5 heteroatoms. The van der Waals surface area contributed by atoms with Crippen molar-refractivity contribution in [3.63, 3.8) is 0 Å². The molecule has 0 fully saturated rings. The van der Waals surface area contributed by atoms with Gasteiger partial charge in [0.05, 0.1) is 25.6 Å². The summed E-state index contributed by atoms with van der Waals surface area (Å²) in [4.78, 5) is 0. The van der Waals surface area contributed by atoms with Crippen LogP contribution in [0.4, 0.5) is 5.69 Å². The zero-order valence-electron chi connectivity index (χ0n) is 12.4. The van der Waals surface area contributed by atoms with Gasteiger partial charge in [-0.1, -0.05) is 6.92 Å². The van der Waals surface area contributed by atoms with Crippen LogP contribution in [0.15, 0.2) is 24.4 Å². The lowest BCUT2D eigenvalue weighted by atomic mass is 10.2. The molecule has 0 unspecified atom stereocenters. The highest BCUT2D eigenvalue weighted by Gasteiger charge is 2.08. The first-order valence-corrected chi connectivity index (χ1v) is 6.65. The molecule has 1 aromatic carbocycles. The fraction of sp³-hybridized carbons (Fsp3) is 0.400. The highest BCUT2D eigenvalue weighted by Crippen LogP contribution is 2.29. The molecule has 0 saturated carbocycles. The fourth-order valence-corrected chi connectivity index (χ4v) is 2.17. The minimum absolute atomic E-state index is 0.709. The number of methoxy groups -OCH3 is 2. The van der Waals surface area contributed by atoms with Crippen LogP contribution in [0.25, 0.3) is 0 Å². The molecule has 1 aromatic heterocycles. The number of nitrogens with zero attached hydrogens (tertiary/aromatic N) is 2. The van der Waals surface area contributed by atoms with Gasteiger partial charge in [-0.2, -0.15) is 5.10 Å². The van der Waals surface area contributed by atoms with Crippen molar-refractivity contribution in [3.05, 3.63) is 35.7 Å². The summed E-state index contributed by atoms with van der Waals surface area (Å²) in [6, 6.07) is 5.71. The van der Waals surface area contributed by atoms with Crippen LogP contribution in [0.1, 0.15) is 18.2 Å². The molecule has 5 nitrogen and oxygen atoms in total. The van der Waals surface area contributed by atoms with E-state index in [2.05, 4.69) is 17.3 Å². The molecule has 1 N–H and O–H groups in total. The third-order valence-corrected chi connectivity index (χ3v) is 3.20. The quantitative estimate of drug-likeness (QED) is 0.880. The number of anilines is 1. The highest BCUT2D eigenvalue weighted by molar-refractivity contribution is 5.60. The van der Waals surface area contributed by atoms with E-state index < -0.39 is 0 Å². The number of aromatic nitrogens is 2. The molecule has 20 heavy (non-hydrogen) atoms. The standard InChI is InChI=1S/C15H21N3O2/c1-5-13-11(10-18(2)17-13)9-16-14-8-12(19-3)6-7-15(14)20-4/h6-8,10,16H,5,9H2,1-4H3. The van der Waals surface area contributed by atoms with E-state index in [9.17, 15) is 0 Å². The zero-order valence-corrected chi connectivity index (χ0v) is 12.4. The minimum Gasteiger partial charge on any atom is -0.497 e. The Bertz CT molecular complexity index is 578. The Morgan fingerprint density at radius 1 is 1.25 bits per heavy atom. The van der Waals surface area contributed by atoms with Crippen LogP contribution in [-0.2, 0) is 20.0 Å². The van der Waals surface area contributed by atoms with Crippen LogP contribution in [0.3, 0.4) is 0 Å². The average Bonchev–Trinajstić information content (AvgIpc) is 2.84. The second-order valence-corrected chi connectivity index (χ2v) is 4.55. The Hall–Kier alpha value is -2.17. The fourth-order valence-electron chi connectivity index (χ4n) is 2.17. The summed E-state index contributed by atoms with van der Waals surface area (Å²) in [6.07, 6.45) is 2.96. The topological polar surface area (TPSA) is 48.3 Å².